The largest absolute Gasteiger partial charge is 0.444 e. The molecule has 0 saturated carbocycles. The fourth-order valence-corrected chi connectivity index (χ4v) is 3.70. The third-order valence-electron chi connectivity index (χ3n) is 5.30. The molecule has 0 aromatic carbocycles. The van der Waals surface area contributed by atoms with Crippen LogP contribution in [0.4, 0.5) is 4.79 Å². The standard InChI is InChI=1S/C22H38N4O3/c1-15(2)14-26-17(4)19(16(3)24-26)12-20(27)25-10-8-18(9-11-25)13-23-21(28)29-22(5,6)7/h15,18H,8-14H2,1-7H3,(H,23,28). The smallest absolute Gasteiger partial charge is 0.407 e. The van der Waals surface area contributed by atoms with Gasteiger partial charge in [0.15, 0.2) is 0 Å². The zero-order valence-corrected chi connectivity index (χ0v) is 19.2. The minimum atomic E-state index is -0.487. The second-order valence-electron chi connectivity index (χ2n) is 9.61. The Balaban J connectivity index is 1.82. The Morgan fingerprint density at radius 1 is 1.21 bits per heavy atom. The van der Waals surface area contributed by atoms with Gasteiger partial charge in [-0.2, -0.15) is 5.10 Å². The van der Waals surface area contributed by atoms with E-state index < -0.39 is 5.60 Å². The van der Waals surface area contributed by atoms with Crippen LogP contribution in [0.25, 0.3) is 0 Å². The lowest BCUT2D eigenvalue weighted by Crippen LogP contribution is -2.43. The monoisotopic (exact) mass is 406 g/mol. The number of aromatic nitrogens is 2. The van der Waals surface area contributed by atoms with E-state index in [1.807, 2.05) is 37.3 Å². The molecule has 1 aliphatic heterocycles. The molecular formula is C22H38N4O3. The Bertz CT molecular complexity index is 710. The van der Waals surface area contributed by atoms with Crippen molar-refractivity contribution in [3.8, 4) is 0 Å². The van der Waals surface area contributed by atoms with Crippen LogP contribution in [0.1, 0.15) is 64.4 Å². The van der Waals surface area contributed by atoms with E-state index in [1.54, 1.807) is 0 Å². The SMILES string of the molecule is Cc1nn(CC(C)C)c(C)c1CC(=O)N1CCC(CNC(=O)OC(C)(C)C)CC1. The summed E-state index contributed by atoms with van der Waals surface area (Å²) in [6.45, 7) is 16.9. The Hall–Kier alpha value is -2.05. The number of nitrogens with one attached hydrogen (secondary N) is 1. The van der Waals surface area contributed by atoms with Gasteiger partial charge in [-0.15, -0.1) is 0 Å². The first kappa shape index (κ1) is 23.2. The Morgan fingerprint density at radius 3 is 2.38 bits per heavy atom. The van der Waals surface area contributed by atoms with Gasteiger partial charge in [0.25, 0.3) is 0 Å². The fourth-order valence-electron chi connectivity index (χ4n) is 3.70. The number of alkyl carbamates (subject to hydrolysis) is 1. The molecule has 2 heterocycles. The number of aryl methyl sites for hydroxylation is 1. The molecule has 1 saturated heterocycles. The average Bonchev–Trinajstić information content (AvgIpc) is 2.85. The molecule has 0 radical (unpaired) electrons. The minimum absolute atomic E-state index is 0.166. The summed E-state index contributed by atoms with van der Waals surface area (Å²) in [5.74, 6) is 1.06. The number of carbonyl (C=O) groups is 2. The van der Waals surface area contributed by atoms with Crippen LogP contribution >= 0.6 is 0 Å². The van der Waals surface area contributed by atoms with Gasteiger partial charge in [-0.1, -0.05) is 13.8 Å². The molecule has 1 aromatic heterocycles. The number of nitrogens with zero attached hydrogens (tertiary/aromatic N) is 3. The first-order valence-electron chi connectivity index (χ1n) is 10.7. The van der Waals surface area contributed by atoms with Gasteiger partial charge in [0.2, 0.25) is 5.91 Å². The summed E-state index contributed by atoms with van der Waals surface area (Å²) in [7, 11) is 0. The molecule has 1 aliphatic rings. The lowest BCUT2D eigenvalue weighted by molar-refractivity contribution is -0.131. The van der Waals surface area contributed by atoms with Crippen LogP contribution in [0.5, 0.6) is 0 Å². The molecule has 7 nitrogen and oxygen atoms in total. The molecule has 1 N–H and O–H groups in total. The van der Waals surface area contributed by atoms with Crippen LogP contribution in [0.15, 0.2) is 0 Å². The molecule has 1 fully saturated rings. The molecule has 164 valence electrons. The Morgan fingerprint density at radius 2 is 1.83 bits per heavy atom. The van der Waals surface area contributed by atoms with Crippen molar-refractivity contribution >= 4 is 12.0 Å². The highest BCUT2D eigenvalue weighted by atomic mass is 16.6. The number of ether oxygens (including phenoxy) is 1. The first-order valence-corrected chi connectivity index (χ1v) is 10.7. The van der Waals surface area contributed by atoms with Crippen molar-refractivity contribution in [3.05, 3.63) is 17.0 Å². The number of hydrogen-bond acceptors (Lipinski definition) is 4. The van der Waals surface area contributed by atoms with E-state index in [1.165, 1.54) is 0 Å². The molecule has 2 amide bonds. The molecule has 0 aliphatic carbocycles. The molecular weight excluding hydrogens is 368 g/mol. The van der Waals surface area contributed by atoms with Crippen LogP contribution in [0, 0.1) is 25.7 Å². The maximum atomic E-state index is 12.8. The summed E-state index contributed by atoms with van der Waals surface area (Å²) in [5.41, 5.74) is 2.62. The van der Waals surface area contributed by atoms with Crippen LogP contribution in [-0.4, -0.2) is 51.9 Å². The van der Waals surface area contributed by atoms with Gasteiger partial charge in [0, 0.05) is 37.4 Å². The summed E-state index contributed by atoms with van der Waals surface area (Å²) in [6.07, 6.45) is 1.83. The second-order valence-corrected chi connectivity index (χ2v) is 9.61. The number of piperidine rings is 1. The predicted octanol–water partition coefficient (Wildman–Crippen LogP) is 3.46. The molecule has 0 bridgehead atoms. The van der Waals surface area contributed by atoms with Crippen molar-refractivity contribution in [2.24, 2.45) is 11.8 Å². The van der Waals surface area contributed by atoms with E-state index in [-0.39, 0.29) is 12.0 Å². The number of rotatable bonds is 6. The van der Waals surface area contributed by atoms with Gasteiger partial charge in [0.1, 0.15) is 5.60 Å². The van der Waals surface area contributed by atoms with Crippen molar-refractivity contribution in [3.63, 3.8) is 0 Å². The highest BCUT2D eigenvalue weighted by molar-refractivity contribution is 5.79. The third-order valence-corrected chi connectivity index (χ3v) is 5.30. The van der Waals surface area contributed by atoms with Gasteiger partial charge in [0.05, 0.1) is 12.1 Å². The molecule has 0 unspecified atom stereocenters. The summed E-state index contributed by atoms with van der Waals surface area (Å²) in [5, 5.41) is 7.47. The van der Waals surface area contributed by atoms with E-state index in [9.17, 15) is 9.59 Å². The molecule has 29 heavy (non-hydrogen) atoms. The molecule has 1 aromatic rings. The van der Waals surface area contributed by atoms with E-state index >= 15 is 0 Å². The highest BCUT2D eigenvalue weighted by Gasteiger charge is 2.25. The maximum Gasteiger partial charge on any atom is 0.407 e. The lowest BCUT2D eigenvalue weighted by atomic mass is 9.96. The first-order chi connectivity index (χ1) is 13.5. The zero-order valence-electron chi connectivity index (χ0n) is 19.2. The van der Waals surface area contributed by atoms with Gasteiger partial charge in [-0.25, -0.2) is 4.79 Å². The lowest BCUT2D eigenvalue weighted by Gasteiger charge is -2.32. The van der Waals surface area contributed by atoms with Crippen LogP contribution < -0.4 is 5.32 Å². The van der Waals surface area contributed by atoms with E-state index in [2.05, 4.69) is 31.2 Å². The third kappa shape index (κ3) is 7.05. The van der Waals surface area contributed by atoms with Gasteiger partial charge in [-0.05, 0) is 59.3 Å². The topological polar surface area (TPSA) is 76.5 Å². The predicted molar refractivity (Wildman–Crippen MR) is 114 cm³/mol. The summed E-state index contributed by atoms with van der Waals surface area (Å²) < 4.78 is 7.31. The molecule has 7 heteroatoms. The van der Waals surface area contributed by atoms with E-state index in [4.69, 9.17) is 4.74 Å². The van der Waals surface area contributed by atoms with E-state index in [0.717, 1.165) is 49.4 Å². The molecule has 0 atom stereocenters. The number of carbonyl (C=O) groups excluding carboxylic acids is 2. The number of amides is 2. The Labute approximate surface area is 175 Å². The summed E-state index contributed by atoms with van der Waals surface area (Å²) >= 11 is 0. The highest BCUT2D eigenvalue weighted by Crippen LogP contribution is 2.20. The second kappa shape index (κ2) is 9.63. The Kier molecular flexibility index (Phi) is 7.72. The van der Waals surface area contributed by atoms with Crippen molar-refractivity contribution in [1.29, 1.82) is 0 Å². The van der Waals surface area contributed by atoms with Crippen molar-refractivity contribution in [2.45, 2.75) is 79.9 Å². The minimum Gasteiger partial charge on any atom is -0.444 e. The number of hydrogen-bond donors (Lipinski definition) is 1. The normalized spacial score (nSPS) is 15.7. The van der Waals surface area contributed by atoms with Crippen LogP contribution in [-0.2, 0) is 22.5 Å². The van der Waals surface area contributed by atoms with Crippen molar-refractivity contribution in [2.75, 3.05) is 19.6 Å². The summed E-state index contributed by atoms with van der Waals surface area (Å²) in [6, 6.07) is 0. The van der Waals surface area contributed by atoms with Crippen molar-refractivity contribution in [1.82, 2.24) is 20.0 Å². The molecule has 2 rings (SSSR count). The quantitative estimate of drug-likeness (QED) is 0.785. The van der Waals surface area contributed by atoms with Gasteiger partial charge in [-0.3, -0.25) is 9.48 Å². The maximum absolute atomic E-state index is 12.8. The van der Waals surface area contributed by atoms with E-state index in [0.29, 0.717) is 24.8 Å². The number of likely N-dealkylation sites (tertiary alicyclic amines) is 1. The summed E-state index contributed by atoms with van der Waals surface area (Å²) in [4.78, 5) is 26.6. The molecule has 0 spiro atoms. The average molecular weight is 407 g/mol. The fraction of sp³-hybridized carbons (Fsp3) is 0.773. The van der Waals surface area contributed by atoms with Gasteiger partial charge >= 0.3 is 6.09 Å². The zero-order chi connectivity index (χ0) is 21.8. The van der Waals surface area contributed by atoms with Crippen LogP contribution in [0.3, 0.4) is 0 Å². The van der Waals surface area contributed by atoms with Crippen molar-refractivity contribution < 1.29 is 14.3 Å². The van der Waals surface area contributed by atoms with Crippen LogP contribution in [0.2, 0.25) is 0 Å². The van der Waals surface area contributed by atoms with Gasteiger partial charge < -0.3 is 15.0 Å².